The molecule has 60 valence electrons. The number of benzene rings is 1. The fraction of sp³-hybridized carbons (Fsp3) is 0. The third-order valence-electron chi connectivity index (χ3n) is 1.20. The first-order chi connectivity index (χ1) is 5.86. The maximum absolute atomic E-state index is 8.27. The van der Waals surface area contributed by atoms with Gasteiger partial charge in [0.05, 0.1) is 0 Å². The summed E-state index contributed by atoms with van der Waals surface area (Å²) in [6.45, 7) is 0. The van der Waals surface area contributed by atoms with Gasteiger partial charge in [0.1, 0.15) is 11.5 Å². The topological polar surface area (TPSA) is 58.9 Å². The molecular weight excluding hydrogens is 158 g/mol. The third-order valence-corrected chi connectivity index (χ3v) is 1.20. The molecule has 0 aliphatic rings. The smallest absolute Gasteiger partial charge is 0.537 e. The monoisotopic (exact) mass is 164 g/mol. The Morgan fingerprint density at radius 3 is 1.42 bits per heavy atom. The predicted molar refractivity (Wildman–Crippen MR) is 43.6 cm³/mol. The van der Waals surface area contributed by atoms with Crippen LogP contribution in [0.4, 0.5) is 0 Å². The van der Waals surface area contributed by atoms with Gasteiger partial charge in [0, 0.05) is 0 Å². The van der Waals surface area contributed by atoms with Crippen LogP contribution in [0.25, 0.3) is 0 Å². The van der Waals surface area contributed by atoms with E-state index in [9.17, 15) is 0 Å². The molecule has 0 fully saturated rings. The molecule has 1 aromatic carbocycles. The zero-order valence-corrected chi connectivity index (χ0v) is 6.18. The van der Waals surface area contributed by atoms with Crippen molar-refractivity contribution < 1.29 is 19.4 Å². The first-order valence-electron chi connectivity index (χ1n) is 3.22. The van der Waals surface area contributed by atoms with Gasteiger partial charge in [-0.1, -0.05) is 0 Å². The number of hydrogen-bond donors (Lipinski definition) is 2. The van der Waals surface area contributed by atoms with Gasteiger partial charge in [-0.3, -0.25) is 0 Å². The van der Waals surface area contributed by atoms with Crippen LogP contribution in [0.2, 0.25) is 0 Å². The van der Waals surface area contributed by atoms with Crippen LogP contribution in [0, 0.1) is 0 Å². The van der Waals surface area contributed by atoms with Gasteiger partial charge in [-0.25, -0.2) is 0 Å². The molecule has 4 nitrogen and oxygen atoms in total. The normalized spacial score (nSPS) is 8.83. The van der Waals surface area contributed by atoms with E-state index in [1.165, 1.54) is 0 Å². The first-order valence-corrected chi connectivity index (χ1v) is 3.22. The van der Waals surface area contributed by atoms with Gasteiger partial charge in [0.15, 0.2) is 0 Å². The first kappa shape index (κ1) is 8.96. The SMILES string of the molecule is O[B]Oc1ccc(O[B]O)cc1. The van der Waals surface area contributed by atoms with Crippen LogP contribution in [0.1, 0.15) is 0 Å². The molecule has 0 amide bonds. The standard InChI is InChI=1S/C6H6B2O4/c9-7-11-5-1-2-6(4-3-5)12-8-10/h1-4,9-10H. The van der Waals surface area contributed by atoms with Gasteiger partial charge in [0.25, 0.3) is 0 Å². The predicted octanol–water partition coefficient (Wildman–Crippen LogP) is -0.503. The molecule has 0 bridgehead atoms. The molecule has 0 spiro atoms. The lowest BCUT2D eigenvalue weighted by atomic mass is 10.3. The summed E-state index contributed by atoms with van der Waals surface area (Å²) in [4.78, 5) is 0. The highest BCUT2D eigenvalue weighted by Crippen LogP contribution is 2.16. The van der Waals surface area contributed by atoms with Gasteiger partial charge in [-0.05, 0) is 24.3 Å². The molecule has 0 aliphatic heterocycles. The van der Waals surface area contributed by atoms with E-state index in [0.717, 1.165) is 0 Å². The summed E-state index contributed by atoms with van der Waals surface area (Å²) in [6, 6.07) is 6.36. The maximum Gasteiger partial charge on any atom is 0.569 e. The molecule has 0 aliphatic carbocycles. The van der Waals surface area contributed by atoms with Crippen molar-refractivity contribution in [2.75, 3.05) is 0 Å². The Hall–Kier alpha value is -1.13. The molecule has 1 aromatic rings. The molecule has 0 saturated carbocycles. The summed E-state index contributed by atoms with van der Waals surface area (Å²) >= 11 is 0. The quantitative estimate of drug-likeness (QED) is 0.588. The summed E-state index contributed by atoms with van der Waals surface area (Å²) in [5.41, 5.74) is 0. The minimum absolute atomic E-state index is 0.489. The minimum atomic E-state index is 0.489. The van der Waals surface area contributed by atoms with Gasteiger partial charge in [-0.15, -0.1) is 0 Å². The molecule has 2 radical (unpaired) electrons. The molecule has 0 atom stereocenters. The number of rotatable bonds is 4. The summed E-state index contributed by atoms with van der Waals surface area (Å²) in [6.07, 6.45) is 0. The van der Waals surface area contributed by atoms with Crippen LogP contribution in [0.15, 0.2) is 24.3 Å². The van der Waals surface area contributed by atoms with Crippen LogP contribution in [-0.2, 0) is 0 Å². The highest BCUT2D eigenvalue weighted by molar-refractivity contribution is 6.17. The summed E-state index contributed by atoms with van der Waals surface area (Å²) in [7, 11) is 1.18. The molecule has 0 unspecified atom stereocenters. The fourth-order valence-electron chi connectivity index (χ4n) is 0.718. The van der Waals surface area contributed by atoms with Gasteiger partial charge < -0.3 is 19.4 Å². The van der Waals surface area contributed by atoms with Gasteiger partial charge >= 0.3 is 15.4 Å². The minimum Gasteiger partial charge on any atom is -0.537 e. The van der Waals surface area contributed by atoms with Crippen LogP contribution in [-0.4, -0.2) is 25.4 Å². The summed E-state index contributed by atoms with van der Waals surface area (Å²) in [5.74, 6) is 0.977. The Bertz CT molecular complexity index is 200. The second-order valence-electron chi connectivity index (χ2n) is 1.92. The third kappa shape index (κ3) is 2.48. The average molecular weight is 164 g/mol. The highest BCUT2D eigenvalue weighted by atomic mass is 16.5. The Morgan fingerprint density at radius 2 is 1.17 bits per heavy atom. The van der Waals surface area contributed by atoms with E-state index in [4.69, 9.17) is 10.0 Å². The van der Waals surface area contributed by atoms with Crippen molar-refractivity contribution in [2.45, 2.75) is 0 Å². The van der Waals surface area contributed by atoms with E-state index >= 15 is 0 Å². The molecular formula is C6H6B2O4. The molecule has 1 rings (SSSR count). The lowest BCUT2D eigenvalue weighted by molar-refractivity contribution is 0.446. The van der Waals surface area contributed by atoms with E-state index in [1.54, 1.807) is 24.3 Å². The average Bonchev–Trinajstić information content (AvgIpc) is 2.09. The Morgan fingerprint density at radius 1 is 0.833 bits per heavy atom. The Balaban J connectivity index is 2.58. The molecule has 0 heterocycles. The van der Waals surface area contributed by atoms with Crippen LogP contribution in [0.5, 0.6) is 11.5 Å². The molecule has 12 heavy (non-hydrogen) atoms. The van der Waals surface area contributed by atoms with Crippen LogP contribution >= 0.6 is 0 Å². The van der Waals surface area contributed by atoms with Crippen LogP contribution in [0.3, 0.4) is 0 Å². The Kier molecular flexibility index (Phi) is 3.50. The zero-order valence-electron chi connectivity index (χ0n) is 6.18. The van der Waals surface area contributed by atoms with E-state index in [-0.39, 0.29) is 0 Å². The van der Waals surface area contributed by atoms with Gasteiger partial charge in [0.2, 0.25) is 0 Å². The molecule has 0 saturated heterocycles. The maximum atomic E-state index is 8.27. The van der Waals surface area contributed by atoms with E-state index in [0.29, 0.717) is 26.9 Å². The fourth-order valence-corrected chi connectivity index (χ4v) is 0.718. The second-order valence-corrected chi connectivity index (χ2v) is 1.92. The van der Waals surface area contributed by atoms with Crippen LogP contribution < -0.4 is 9.31 Å². The van der Waals surface area contributed by atoms with Crippen molar-refractivity contribution in [2.24, 2.45) is 0 Å². The molecule has 6 heteroatoms. The largest absolute Gasteiger partial charge is 0.569 e. The lowest BCUT2D eigenvalue weighted by Gasteiger charge is -2.03. The highest BCUT2D eigenvalue weighted by Gasteiger charge is 1.96. The van der Waals surface area contributed by atoms with Crippen molar-refractivity contribution in [3.05, 3.63) is 24.3 Å². The molecule has 0 aromatic heterocycles. The van der Waals surface area contributed by atoms with E-state index in [2.05, 4.69) is 9.31 Å². The van der Waals surface area contributed by atoms with Gasteiger partial charge in [-0.2, -0.15) is 0 Å². The van der Waals surface area contributed by atoms with Crippen molar-refractivity contribution in [1.82, 2.24) is 0 Å². The number of hydrogen-bond acceptors (Lipinski definition) is 4. The van der Waals surface area contributed by atoms with Crippen molar-refractivity contribution in [1.29, 1.82) is 0 Å². The lowest BCUT2D eigenvalue weighted by Crippen LogP contribution is -2.01. The van der Waals surface area contributed by atoms with Crippen molar-refractivity contribution in [3.63, 3.8) is 0 Å². The summed E-state index contributed by atoms with van der Waals surface area (Å²) < 4.78 is 9.28. The Labute approximate surface area is 71.4 Å². The zero-order chi connectivity index (χ0) is 8.81. The summed E-state index contributed by atoms with van der Waals surface area (Å²) in [5, 5.41) is 16.5. The van der Waals surface area contributed by atoms with E-state index in [1.807, 2.05) is 0 Å². The van der Waals surface area contributed by atoms with Crippen molar-refractivity contribution >= 4 is 15.4 Å². The molecule has 2 N–H and O–H groups in total. The van der Waals surface area contributed by atoms with E-state index < -0.39 is 0 Å². The second kappa shape index (κ2) is 4.69. The van der Waals surface area contributed by atoms with Crippen molar-refractivity contribution in [3.8, 4) is 11.5 Å².